The number of hydrogen-bond donors (Lipinski definition) is 1. The third-order valence-electron chi connectivity index (χ3n) is 1.12. The standard InChI is InChI=1S/C5H9ClO2/c6-2-4(7)1-5-3-8-5/h4-5,7H,1-3H2/t4-,5-/m1/s1. The summed E-state index contributed by atoms with van der Waals surface area (Å²) >= 11 is 5.32. The molecule has 0 aromatic heterocycles. The van der Waals surface area contributed by atoms with E-state index in [2.05, 4.69) is 0 Å². The van der Waals surface area contributed by atoms with E-state index in [1.807, 2.05) is 0 Å². The fourth-order valence-electron chi connectivity index (χ4n) is 0.571. The molecule has 3 heteroatoms. The lowest BCUT2D eigenvalue weighted by molar-refractivity contribution is 0.173. The molecule has 1 heterocycles. The van der Waals surface area contributed by atoms with Gasteiger partial charge in [-0.15, -0.1) is 11.6 Å². The number of rotatable bonds is 3. The molecule has 1 rings (SSSR count). The van der Waals surface area contributed by atoms with Crippen molar-refractivity contribution in [2.24, 2.45) is 0 Å². The SMILES string of the molecule is O[C@@H](CCl)C[C@@H]1CO1. The van der Waals surface area contributed by atoms with Crippen molar-refractivity contribution in [3.8, 4) is 0 Å². The molecule has 0 unspecified atom stereocenters. The molecule has 2 nitrogen and oxygen atoms in total. The summed E-state index contributed by atoms with van der Waals surface area (Å²) < 4.78 is 4.86. The van der Waals surface area contributed by atoms with Crippen molar-refractivity contribution < 1.29 is 9.84 Å². The first-order valence-electron chi connectivity index (χ1n) is 2.68. The van der Waals surface area contributed by atoms with Crippen molar-refractivity contribution in [2.75, 3.05) is 12.5 Å². The van der Waals surface area contributed by atoms with E-state index < -0.39 is 0 Å². The normalized spacial score (nSPS) is 30.0. The van der Waals surface area contributed by atoms with Gasteiger partial charge in [-0.25, -0.2) is 0 Å². The van der Waals surface area contributed by atoms with Crippen molar-refractivity contribution in [3.63, 3.8) is 0 Å². The molecule has 0 amide bonds. The first kappa shape index (κ1) is 6.33. The fraction of sp³-hybridized carbons (Fsp3) is 1.00. The molecule has 0 aromatic carbocycles. The van der Waals surface area contributed by atoms with Gasteiger partial charge in [0.2, 0.25) is 0 Å². The Morgan fingerprint density at radius 3 is 2.88 bits per heavy atom. The van der Waals surface area contributed by atoms with Gasteiger partial charge in [0.15, 0.2) is 0 Å². The summed E-state index contributed by atoms with van der Waals surface area (Å²) in [5, 5.41) is 8.86. The van der Waals surface area contributed by atoms with Gasteiger partial charge in [-0.1, -0.05) is 0 Å². The minimum Gasteiger partial charge on any atom is -0.392 e. The minimum atomic E-state index is -0.371. The average Bonchev–Trinajstić information content (AvgIpc) is 2.50. The molecule has 0 saturated carbocycles. The Hall–Kier alpha value is 0.210. The van der Waals surface area contributed by atoms with Gasteiger partial charge in [-0.3, -0.25) is 0 Å². The Bertz CT molecular complexity index is 72.8. The number of halogens is 1. The number of aliphatic hydroxyl groups excluding tert-OH is 1. The van der Waals surface area contributed by atoms with E-state index in [0.717, 1.165) is 6.61 Å². The van der Waals surface area contributed by atoms with Crippen LogP contribution in [0.4, 0.5) is 0 Å². The highest BCUT2D eigenvalue weighted by atomic mass is 35.5. The van der Waals surface area contributed by atoms with Crippen LogP contribution in [0.15, 0.2) is 0 Å². The molecular weight excluding hydrogens is 128 g/mol. The van der Waals surface area contributed by atoms with Crippen molar-refractivity contribution in [1.29, 1.82) is 0 Å². The van der Waals surface area contributed by atoms with Crippen LogP contribution >= 0.6 is 11.6 Å². The molecule has 1 N–H and O–H groups in total. The molecule has 48 valence electrons. The van der Waals surface area contributed by atoms with Crippen LogP contribution in [0.1, 0.15) is 6.42 Å². The molecule has 0 bridgehead atoms. The summed E-state index contributed by atoms with van der Waals surface area (Å²) in [5.41, 5.74) is 0. The summed E-state index contributed by atoms with van der Waals surface area (Å²) in [6.45, 7) is 0.800. The molecule has 0 radical (unpaired) electrons. The van der Waals surface area contributed by atoms with E-state index >= 15 is 0 Å². The molecule has 1 aliphatic rings. The molecule has 1 saturated heterocycles. The summed E-state index contributed by atoms with van der Waals surface area (Å²) in [4.78, 5) is 0. The molecule has 1 aliphatic heterocycles. The zero-order chi connectivity index (χ0) is 5.98. The van der Waals surface area contributed by atoms with Crippen molar-refractivity contribution in [3.05, 3.63) is 0 Å². The van der Waals surface area contributed by atoms with Crippen LogP contribution in [0.25, 0.3) is 0 Å². The molecule has 0 aliphatic carbocycles. The van der Waals surface area contributed by atoms with E-state index in [1.54, 1.807) is 0 Å². The van der Waals surface area contributed by atoms with Crippen molar-refractivity contribution >= 4 is 11.6 Å². The van der Waals surface area contributed by atoms with E-state index in [1.165, 1.54) is 0 Å². The molecule has 2 atom stereocenters. The lowest BCUT2D eigenvalue weighted by Gasteiger charge is -2.00. The maximum absolute atomic E-state index is 8.86. The predicted molar refractivity (Wildman–Crippen MR) is 31.1 cm³/mol. The number of epoxide rings is 1. The third kappa shape index (κ3) is 1.99. The summed E-state index contributed by atoms with van der Waals surface area (Å²) in [6.07, 6.45) is 0.622. The minimum absolute atomic E-state index is 0.295. The highest BCUT2D eigenvalue weighted by molar-refractivity contribution is 6.18. The second-order valence-corrected chi connectivity index (χ2v) is 2.31. The van der Waals surface area contributed by atoms with Crippen LogP contribution in [0, 0.1) is 0 Å². The Balaban J connectivity index is 1.98. The predicted octanol–water partition coefficient (Wildman–Crippen LogP) is 0.375. The molecule has 8 heavy (non-hydrogen) atoms. The van der Waals surface area contributed by atoms with Crippen LogP contribution in [-0.4, -0.2) is 29.8 Å². The average molecular weight is 137 g/mol. The summed E-state index contributed by atoms with van der Waals surface area (Å²) in [5.74, 6) is 0.319. The molecule has 1 fully saturated rings. The number of aliphatic hydroxyl groups is 1. The van der Waals surface area contributed by atoms with Crippen LogP contribution in [0.2, 0.25) is 0 Å². The largest absolute Gasteiger partial charge is 0.392 e. The zero-order valence-corrected chi connectivity index (χ0v) is 5.27. The van der Waals surface area contributed by atoms with E-state index in [9.17, 15) is 0 Å². The van der Waals surface area contributed by atoms with Gasteiger partial charge >= 0.3 is 0 Å². The smallest absolute Gasteiger partial charge is 0.0835 e. The topological polar surface area (TPSA) is 32.8 Å². The first-order valence-corrected chi connectivity index (χ1v) is 3.22. The van der Waals surface area contributed by atoms with Gasteiger partial charge in [-0.05, 0) is 0 Å². The number of ether oxygens (including phenoxy) is 1. The van der Waals surface area contributed by atoms with Crippen LogP contribution in [0.3, 0.4) is 0 Å². The summed E-state index contributed by atoms with van der Waals surface area (Å²) in [6, 6.07) is 0. The van der Waals surface area contributed by atoms with E-state index in [4.69, 9.17) is 21.4 Å². The summed E-state index contributed by atoms with van der Waals surface area (Å²) in [7, 11) is 0. The molecule has 0 spiro atoms. The maximum atomic E-state index is 8.86. The van der Waals surface area contributed by atoms with Gasteiger partial charge in [0.05, 0.1) is 18.8 Å². The first-order chi connectivity index (χ1) is 3.83. The monoisotopic (exact) mass is 136 g/mol. The van der Waals surface area contributed by atoms with Gasteiger partial charge < -0.3 is 9.84 Å². The molecule has 0 aromatic rings. The highest BCUT2D eigenvalue weighted by Crippen LogP contribution is 2.15. The van der Waals surface area contributed by atoms with Crippen molar-refractivity contribution in [2.45, 2.75) is 18.6 Å². The van der Waals surface area contributed by atoms with Gasteiger partial charge in [0.25, 0.3) is 0 Å². The van der Waals surface area contributed by atoms with Crippen LogP contribution < -0.4 is 0 Å². The Labute approximate surface area is 53.4 Å². The third-order valence-corrected chi connectivity index (χ3v) is 1.47. The second-order valence-electron chi connectivity index (χ2n) is 2.00. The molecular formula is C5H9ClO2. The highest BCUT2D eigenvalue weighted by Gasteiger charge is 2.24. The van der Waals surface area contributed by atoms with Gasteiger partial charge in [0, 0.05) is 12.3 Å². The van der Waals surface area contributed by atoms with E-state index in [-0.39, 0.29) is 6.10 Å². The van der Waals surface area contributed by atoms with Gasteiger partial charge in [0.1, 0.15) is 0 Å². The number of hydrogen-bond acceptors (Lipinski definition) is 2. The lowest BCUT2D eigenvalue weighted by atomic mass is 10.2. The lowest BCUT2D eigenvalue weighted by Crippen LogP contribution is -2.10. The van der Waals surface area contributed by atoms with Crippen LogP contribution in [0.5, 0.6) is 0 Å². The van der Waals surface area contributed by atoms with E-state index in [0.29, 0.717) is 18.4 Å². The van der Waals surface area contributed by atoms with Crippen LogP contribution in [-0.2, 0) is 4.74 Å². The quantitative estimate of drug-likeness (QED) is 0.449. The zero-order valence-electron chi connectivity index (χ0n) is 4.51. The van der Waals surface area contributed by atoms with Crippen molar-refractivity contribution in [1.82, 2.24) is 0 Å². The van der Waals surface area contributed by atoms with Gasteiger partial charge in [-0.2, -0.15) is 0 Å². The second kappa shape index (κ2) is 2.67. The Kier molecular flexibility index (Phi) is 2.11. The Morgan fingerprint density at radius 2 is 2.50 bits per heavy atom. The fourth-order valence-corrected chi connectivity index (χ4v) is 0.697. The Morgan fingerprint density at radius 1 is 1.88 bits per heavy atom. The maximum Gasteiger partial charge on any atom is 0.0835 e. The number of alkyl halides is 1.